The number of hydrogen-bond acceptors (Lipinski definition) is 4. The predicted molar refractivity (Wildman–Crippen MR) is 132 cm³/mol. The standard InChI is InChI=1S/C26H19Cl2N5O/c1-33-13-18(16-11-10-15(27)12-19(16)28)25(14-29,23-30-21-8-4-5-9-22(21)31-23)26(33)17-6-2-3-7-20(17)32-24(26)34/h2-12,18H,13H2,1H3,(H,30,31)(H,32,34)/t18-,25-,26+/m1/s1. The molecule has 168 valence electrons. The molecule has 0 unspecified atom stereocenters. The van der Waals surface area contributed by atoms with E-state index < -0.39 is 16.9 Å². The van der Waals surface area contributed by atoms with Crippen LogP contribution < -0.4 is 5.32 Å². The maximum absolute atomic E-state index is 13.9. The molecule has 2 N–H and O–H groups in total. The lowest BCUT2D eigenvalue weighted by Crippen LogP contribution is -2.57. The summed E-state index contributed by atoms with van der Waals surface area (Å²) in [6.45, 7) is 0.410. The Labute approximate surface area is 206 Å². The molecule has 1 spiro atoms. The summed E-state index contributed by atoms with van der Waals surface area (Å²) < 4.78 is 0. The molecule has 6 rings (SSSR count). The zero-order valence-electron chi connectivity index (χ0n) is 18.1. The number of likely N-dealkylation sites (tertiary alicyclic amines) is 1. The number of benzene rings is 3. The quantitative estimate of drug-likeness (QED) is 0.406. The van der Waals surface area contributed by atoms with E-state index in [0.29, 0.717) is 28.1 Å². The third-order valence-electron chi connectivity index (χ3n) is 7.29. The number of halogens is 2. The van der Waals surface area contributed by atoms with Gasteiger partial charge in [0.2, 0.25) is 0 Å². The van der Waals surface area contributed by atoms with Gasteiger partial charge in [-0.3, -0.25) is 9.69 Å². The van der Waals surface area contributed by atoms with Crippen LogP contribution in [-0.4, -0.2) is 34.4 Å². The summed E-state index contributed by atoms with van der Waals surface area (Å²) in [7, 11) is 1.88. The summed E-state index contributed by atoms with van der Waals surface area (Å²) in [6.07, 6.45) is 0. The van der Waals surface area contributed by atoms with Crippen molar-refractivity contribution in [1.29, 1.82) is 5.26 Å². The van der Waals surface area contributed by atoms with Crippen molar-refractivity contribution in [2.75, 3.05) is 18.9 Å². The highest BCUT2D eigenvalue weighted by Crippen LogP contribution is 2.62. The van der Waals surface area contributed by atoms with Crippen LogP contribution in [0.3, 0.4) is 0 Å². The number of hydrogen-bond donors (Lipinski definition) is 2. The van der Waals surface area contributed by atoms with Gasteiger partial charge in [0.15, 0.2) is 11.0 Å². The van der Waals surface area contributed by atoms with Crippen LogP contribution in [0.4, 0.5) is 5.69 Å². The van der Waals surface area contributed by atoms with Gasteiger partial charge in [-0.2, -0.15) is 5.26 Å². The third-order valence-corrected chi connectivity index (χ3v) is 7.86. The fourth-order valence-electron chi connectivity index (χ4n) is 5.92. The Hall–Kier alpha value is -3.37. The lowest BCUT2D eigenvalue weighted by Gasteiger charge is -2.41. The number of amides is 1. The molecule has 0 saturated carbocycles. The number of likely N-dealkylation sites (N-methyl/N-ethyl adjacent to an activating group) is 1. The molecule has 0 bridgehead atoms. The molecule has 1 amide bonds. The van der Waals surface area contributed by atoms with Crippen molar-refractivity contribution in [3.05, 3.63) is 93.7 Å². The topological polar surface area (TPSA) is 84.8 Å². The summed E-state index contributed by atoms with van der Waals surface area (Å²) >= 11 is 12.9. The number of nitrogens with zero attached hydrogens (tertiary/aromatic N) is 3. The summed E-state index contributed by atoms with van der Waals surface area (Å²) in [6, 6.07) is 23.0. The number of nitriles is 1. The van der Waals surface area contributed by atoms with Gasteiger partial charge in [0.05, 0.1) is 17.1 Å². The van der Waals surface area contributed by atoms with E-state index in [1.54, 1.807) is 12.1 Å². The number of nitrogens with one attached hydrogen (secondary N) is 2. The van der Waals surface area contributed by atoms with Gasteiger partial charge in [-0.25, -0.2) is 4.98 Å². The normalized spacial score (nSPS) is 26.1. The van der Waals surface area contributed by atoms with Gasteiger partial charge in [-0.1, -0.05) is 59.6 Å². The van der Waals surface area contributed by atoms with E-state index in [9.17, 15) is 10.1 Å². The zero-order chi connectivity index (χ0) is 23.7. The fraction of sp³-hybridized carbons (Fsp3) is 0.192. The Morgan fingerprint density at radius 1 is 1.12 bits per heavy atom. The first kappa shape index (κ1) is 21.2. The Balaban J connectivity index is 1.73. The molecule has 34 heavy (non-hydrogen) atoms. The van der Waals surface area contributed by atoms with E-state index >= 15 is 0 Å². The molecule has 6 nitrogen and oxygen atoms in total. The SMILES string of the molecule is CN1C[C@H](c2ccc(Cl)cc2Cl)[C@](C#N)(c2nc3ccccc3[nH]2)[C@]12C(=O)Nc1ccccc12. The molecule has 3 aromatic carbocycles. The van der Waals surface area contributed by atoms with Gasteiger partial charge in [0.1, 0.15) is 5.82 Å². The second kappa shape index (κ2) is 7.31. The molecule has 3 heterocycles. The molecule has 1 fully saturated rings. The number of H-pyrrole nitrogens is 1. The van der Waals surface area contributed by atoms with E-state index in [0.717, 1.165) is 22.2 Å². The van der Waals surface area contributed by atoms with Crippen molar-refractivity contribution in [1.82, 2.24) is 14.9 Å². The van der Waals surface area contributed by atoms with E-state index in [2.05, 4.69) is 16.4 Å². The number of fused-ring (bicyclic) bond motifs is 3. The predicted octanol–water partition coefficient (Wildman–Crippen LogP) is 5.21. The van der Waals surface area contributed by atoms with Crippen molar-refractivity contribution in [2.45, 2.75) is 16.9 Å². The summed E-state index contributed by atoms with van der Waals surface area (Å²) in [4.78, 5) is 24.1. The third kappa shape index (κ3) is 2.49. The van der Waals surface area contributed by atoms with Gasteiger partial charge >= 0.3 is 0 Å². The van der Waals surface area contributed by atoms with Crippen LogP contribution in [0.15, 0.2) is 66.7 Å². The van der Waals surface area contributed by atoms with Crippen LogP contribution in [0.1, 0.15) is 22.9 Å². The monoisotopic (exact) mass is 487 g/mol. The lowest BCUT2D eigenvalue weighted by atomic mass is 9.61. The second-order valence-electron chi connectivity index (χ2n) is 8.83. The van der Waals surface area contributed by atoms with Crippen LogP contribution in [-0.2, 0) is 15.7 Å². The largest absolute Gasteiger partial charge is 0.341 e. The molecular weight excluding hydrogens is 469 g/mol. The van der Waals surface area contributed by atoms with Crippen molar-refractivity contribution in [3.63, 3.8) is 0 Å². The minimum absolute atomic E-state index is 0.259. The second-order valence-corrected chi connectivity index (χ2v) is 9.68. The van der Waals surface area contributed by atoms with Gasteiger partial charge < -0.3 is 10.3 Å². The average Bonchev–Trinajstić information content (AvgIpc) is 3.46. The number of rotatable bonds is 2. The highest BCUT2D eigenvalue weighted by molar-refractivity contribution is 6.35. The highest BCUT2D eigenvalue weighted by atomic mass is 35.5. The Morgan fingerprint density at radius 2 is 1.88 bits per heavy atom. The summed E-state index contributed by atoms with van der Waals surface area (Å²) in [5, 5.41) is 15.0. The molecule has 1 saturated heterocycles. The fourth-order valence-corrected chi connectivity index (χ4v) is 6.46. The van der Waals surface area contributed by atoms with E-state index in [1.165, 1.54) is 0 Å². The molecule has 3 atom stereocenters. The van der Waals surface area contributed by atoms with Gasteiger partial charge in [-0.05, 0) is 42.9 Å². The first-order valence-electron chi connectivity index (χ1n) is 10.9. The van der Waals surface area contributed by atoms with Crippen LogP contribution in [0.25, 0.3) is 11.0 Å². The van der Waals surface area contributed by atoms with Crippen molar-refractivity contribution >= 4 is 45.8 Å². The van der Waals surface area contributed by atoms with Gasteiger partial charge in [0, 0.05) is 33.8 Å². The number of aromatic amines is 1. The number of anilines is 1. The van der Waals surface area contributed by atoms with Crippen LogP contribution in [0.2, 0.25) is 10.0 Å². The maximum Gasteiger partial charge on any atom is 0.251 e. The minimum atomic E-state index is -1.41. The van der Waals surface area contributed by atoms with Crippen molar-refractivity contribution in [3.8, 4) is 6.07 Å². The maximum atomic E-state index is 13.9. The molecule has 1 aromatic heterocycles. The number of para-hydroxylation sites is 3. The number of carbonyl (C=O) groups is 1. The van der Waals surface area contributed by atoms with E-state index in [4.69, 9.17) is 28.2 Å². The van der Waals surface area contributed by atoms with Crippen molar-refractivity contribution in [2.24, 2.45) is 0 Å². The smallest absolute Gasteiger partial charge is 0.251 e. The van der Waals surface area contributed by atoms with Gasteiger partial charge in [0.25, 0.3) is 5.91 Å². The molecule has 8 heteroatoms. The molecule has 0 radical (unpaired) electrons. The summed E-state index contributed by atoms with van der Waals surface area (Å²) in [5.74, 6) is -0.293. The number of aromatic nitrogens is 2. The molecule has 2 aliphatic rings. The van der Waals surface area contributed by atoms with Gasteiger partial charge in [-0.15, -0.1) is 0 Å². The molecular formula is C26H19Cl2N5O. The lowest BCUT2D eigenvalue weighted by molar-refractivity contribution is -0.127. The molecule has 4 aromatic rings. The first-order chi connectivity index (χ1) is 16.4. The average molecular weight is 488 g/mol. The van der Waals surface area contributed by atoms with E-state index in [1.807, 2.05) is 66.5 Å². The van der Waals surface area contributed by atoms with Crippen LogP contribution in [0.5, 0.6) is 0 Å². The Kier molecular flexibility index (Phi) is 4.56. The molecule has 2 aliphatic heterocycles. The number of imidazole rings is 1. The first-order valence-corrected chi connectivity index (χ1v) is 11.6. The minimum Gasteiger partial charge on any atom is -0.341 e. The zero-order valence-corrected chi connectivity index (χ0v) is 19.7. The Bertz CT molecular complexity index is 1490. The van der Waals surface area contributed by atoms with Crippen LogP contribution in [0, 0.1) is 11.3 Å². The number of carbonyl (C=O) groups excluding carboxylic acids is 1. The van der Waals surface area contributed by atoms with Crippen molar-refractivity contribution < 1.29 is 4.79 Å². The Morgan fingerprint density at radius 3 is 2.65 bits per heavy atom. The highest BCUT2D eigenvalue weighted by Gasteiger charge is 2.73. The molecule has 0 aliphatic carbocycles. The summed E-state index contributed by atoms with van der Waals surface area (Å²) in [5.41, 5.74) is 0.979. The van der Waals surface area contributed by atoms with E-state index in [-0.39, 0.29) is 5.91 Å². The van der Waals surface area contributed by atoms with Crippen LogP contribution >= 0.6 is 23.2 Å².